The van der Waals surface area contributed by atoms with Gasteiger partial charge in [-0.25, -0.2) is 0 Å². The summed E-state index contributed by atoms with van der Waals surface area (Å²) in [5.41, 5.74) is -1.58. The molecular formula is C13H8F10N2O2. The van der Waals surface area contributed by atoms with Gasteiger partial charge in [-0.05, 0) is 30.7 Å². The molecule has 1 aromatic carbocycles. The quantitative estimate of drug-likeness (QED) is 0.724. The van der Waals surface area contributed by atoms with Gasteiger partial charge in [0.05, 0.1) is 0 Å². The summed E-state index contributed by atoms with van der Waals surface area (Å²) in [6.07, 6.45) is -12.4. The van der Waals surface area contributed by atoms with Gasteiger partial charge in [-0.2, -0.15) is 43.9 Å². The summed E-state index contributed by atoms with van der Waals surface area (Å²) in [7, 11) is 0. The van der Waals surface area contributed by atoms with Crippen LogP contribution in [0.4, 0.5) is 55.3 Å². The van der Waals surface area contributed by atoms with Gasteiger partial charge < -0.3 is 10.6 Å². The van der Waals surface area contributed by atoms with Crippen LogP contribution in [0.3, 0.4) is 0 Å². The van der Waals surface area contributed by atoms with Crippen molar-refractivity contribution in [2.45, 2.75) is 31.1 Å². The molecular weight excluding hydrogens is 406 g/mol. The Kier molecular flexibility index (Phi) is 5.74. The van der Waals surface area contributed by atoms with Gasteiger partial charge >= 0.3 is 36.0 Å². The number of anilines is 2. The third-order valence-electron chi connectivity index (χ3n) is 3.01. The molecule has 0 heterocycles. The van der Waals surface area contributed by atoms with Crippen LogP contribution in [-0.2, 0) is 9.59 Å². The molecule has 2 amide bonds. The van der Waals surface area contributed by atoms with Crippen LogP contribution in [0.25, 0.3) is 0 Å². The van der Waals surface area contributed by atoms with E-state index in [0.717, 1.165) is 6.92 Å². The lowest BCUT2D eigenvalue weighted by Gasteiger charge is -2.20. The van der Waals surface area contributed by atoms with Gasteiger partial charge in [0.1, 0.15) is 0 Å². The van der Waals surface area contributed by atoms with Gasteiger partial charge in [0, 0.05) is 11.4 Å². The van der Waals surface area contributed by atoms with Gasteiger partial charge in [0.15, 0.2) is 0 Å². The Hall–Kier alpha value is -2.54. The van der Waals surface area contributed by atoms with Crippen molar-refractivity contribution in [2.75, 3.05) is 10.6 Å². The number of aryl methyl sites for hydroxylation is 1. The SMILES string of the molecule is Cc1cc(NC(=O)C(F)(F)C(F)(F)F)ccc1NC(=O)C(F)(F)C(F)(F)F. The topological polar surface area (TPSA) is 58.2 Å². The third-order valence-corrected chi connectivity index (χ3v) is 3.01. The van der Waals surface area contributed by atoms with E-state index >= 15 is 0 Å². The zero-order valence-electron chi connectivity index (χ0n) is 12.8. The first kappa shape index (κ1) is 22.5. The van der Waals surface area contributed by atoms with Gasteiger partial charge in [0.2, 0.25) is 0 Å². The maximum absolute atomic E-state index is 12.9. The summed E-state index contributed by atoms with van der Waals surface area (Å²) in [5.74, 6) is -16.9. The first-order chi connectivity index (χ1) is 11.9. The number of nitrogens with one attached hydrogen (secondary N) is 2. The minimum atomic E-state index is -6.18. The Labute approximate surface area is 143 Å². The molecule has 0 fully saturated rings. The summed E-state index contributed by atoms with van der Waals surface area (Å²) in [4.78, 5) is 22.1. The van der Waals surface area contributed by atoms with Crippen molar-refractivity contribution in [3.63, 3.8) is 0 Å². The summed E-state index contributed by atoms with van der Waals surface area (Å²) < 4.78 is 124. The average molecular weight is 414 g/mol. The molecule has 0 unspecified atom stereocenters. The Morgan fingerprint density at radius 1 is 0.741 bits per heavy atom. The standard InChI is InChI=1S/C13H8F10N2O2/c1-5-4-6(24-8(26)10(14,15)12(18,19)20)2-3-7(5)25-9(27)11(16,17)13(21,22)23/h2-4H,1H3,(H,24,26)(H,25,27). The molecule has 0 bridgehead atoms. The van der Waals surface area contributed by atoms with Crippen LogP contribution in [0.15, 0.2) is 18.2 Å². The van der Waals surface area contributed by atoms with E-state index in [1.54, 1.807) is 0 Å². The van der Waals surface area contributed by atoms with Crippen molar-refractivity contribution in [3.05, 3.63) is 23.8 Å². The predicted octanol–water partition coefficient (Wildman–Crippen LogP) is 4.27. The first-order valence-corrected chi connectivity index (χ1v) is 6.54. The van der Waals surface area contributed by atoms with E-state index in [-0.39, 0.29) is 5.56 Å². The third kappa shape index (κ3) is 4.60. The molecule has 0 aliphatic rings. The van der Waals surface area contributed by atoms with Crippen LogP contribution in [0.1, 0.15) is 5.56 Å². The van der Waals surface area contributed by atoms with Crippen molar-refractivity contribution < 1.29 is 53.5 Å². The highest BCUT2D eigenvalue weighted by molar-refractivity contribution is 5.99. The Bertz CT molecular complexity index is 740. The number of amides is 2. The molecule has 0 aromatic heterocycles. The number of hydrogen-bond acceptors (Lipinski definition) is 2. The molecule has 0 atom stereocenters. The van der Waals surface area contributed by atoms with Gasteiger partial charge in [0.25, 0.3) is 0 Å². The Morgan fingerprint density at radius 2 is 1.15 bits per heavy atom. The molecule has 14 heteroatoms. The number of hydrogen-bond donors (Lipinski definition) is 2. The molecule has 0 aliphatic heterocycles. The van der Waals surface area contributed by atoms with E-state index in [2.05, 4.69) is 0 Å². The number of benzene rings is 1. The smallest absolute Gasteiger partial charge is 0.321 e. The number of halogens is 10. The minimum absolute atomic E-state index is 0.311. The molecule has 0 saturated heterocycles. The summed E-state index contributed by atoms with van der Waals surface area (Å²) in [6.45, 7) is 0.999. The van der Waals surface area contributed by atoms with E-state index in [1.807, 2.05) is 0 Å². The lowest BCUT2D eigenvalue weighted by Crippen LogP contribution is -2.47. The van der Waals surface area contributed by atoms with E-state index in [0.29, 0.717) is 18.2 Å². The fraction of sp³-hybridized carbons (Fsp3) is 0.385. The molecule has 1 rings (SSSR count). The molecule has 0 saturated carbocycles. The molecule has 27 heavy (non-hydrogen) atoms. The van der Waals surface area contributed by atoms with Crippen LogP contribution in [0.5, 0.6) is 0 Å². The summed E-state index contributed by atoms with van der Waals surface area (Å²) in [6, 6.07) is 1.91. The number of carbonyl (C=O) groups is 2. The van der Waals surface area contributed by atoms with Crippen molar-refractivity contribution in [2.24, 2.45) is 0 Å². The van der Waals surface area contributed by atoms with E-state index in [4.69, 9.17) is 0 Å². The van der Waals surface area contributed by atoms with Crippen molar-refractivity contribution in [1.29, 1.82) is 0 Å². The number of carbonyl (C=O) groups excluding carboxylic acids is 2. The second kappa shape index (κ2) is 6.88. The van der Waals surface area contributed by atoms with E-state index < -0.39 is 47.4 Å². The van der Waals surface area contributed by atoms with Gasteiger partial charge in [-0.1, -0.05) is 0 Å². The zero-order valence-corrected chi connectivity index (χ0v) is 12.8. The summed E-state index contributed by atoms with van der Waals surface area (Å²) in [5, 5.41) is 2.46. The summed E-state index contributed by atoms with van der Waals surface area (Å²) >= 11 is 0. The van der Waals surface area contributed by atoms with Crippen LogP contribution < -0.4 is 10.6 Å². The normalized spacial score (nSPS) is 13.3. The van der Waals surface area contributed by atoms with Crippen LogP contribution in [0.2, 0.25) is 0 Å². The fourth-order valence-electron chi connectivity index (χ4n) is 1.55. The largest absolute Gasteiger partial charge is 0.463 e. The van der Waals surface area contributed by atoms with E-state index in [1.165, 1.54) is 10.6 Å². The van der Waals surface area contributed by atoms with Gasteiger partial charge in [-0.15, -0.1) is 0 Å². The highest BCUT2D eigenvalue weighted by atomic mass is 19.4. The van der Waals surface area contributed by atoms with Crippen LogP contribution in [-0.4, -0.2) is 36.0 Å². The fourth-order valence-corrected chi connectivity index (χ4v) is 1.55. The maximum atomic E-state index is 12.9. The number of alkyl halides is 10. The zero-order chi connectivity index (χ0) is 21.4. The molecule has 0 aliphatic carbocycles. The Morgan fingerprint density at radius 3 is 1.52 bits per heavy atom. The Balaban J connectivity index is 2.99. The molecule has 4 nitrogen and oxygen atoms in total. The van der Waals surface area contributed by atoms with E-state index in [9.17, 15) is 53.5 Å². The average Bonchev–Trinajstić information content (AvgIpc) is 2.47. The lowest BCUT2D eigenvalue weighted by molar-refractivity contribution is -0.267. The van der Waals surface area contributed by atoms with Crippen LogP contribution >= 0.6 is 0 Å². The highest BCUT2D eigenvalue weighted by Gasteiger charge is 2.64. The van der Waals surface area contributed by atoms with Crippen LogP contribution in [0, 0.1) is 6.92 Å². The van der Waals surface area contributed by atoms with Crippen molar-refractivity contribution in [1.82, 2.24) is 0 Å². The predicted molar refractivity (Wildman–Crippen MR) is 70.4 cm³/mol. The lowest BCUT2D eigenvalue weighted by atomic mass is 10.1. The molecule has 1 aromatic rings. The van der Waals surface area contributed by atoms with Gasteiger partial charge in [-0.3, -0.25) is 9.59 Å². The maximum Gasteiger partial charge on any atom is 0.463 e. The second-order valence-corrected chi connectivity index (χ2v) is 5.08. The second-order valence-electron chi connectivity index (χ2n) is 5.08. The van der Waals surface area contributed by atoms with Crippen molar-refractivity contribution >= 4 is 23.2 Å². The molecule has 152 valence electrons. The number of rotatable bonds is 4. The molecule has 0 radical (unpaired) electrons. The minimum Gasteiger partial charge on any atom is -0.321 e. The molecule has 2 N–H and O–H groups in total. The monoisotopic (exact) mass is 414 g/mol. The molecule has 0 spiro atoms. The van der Waals surface area contributed by atoms with Crippen molar-refractivity contribution in [3.8, 4) is 0 Å². The first-order valence-electron chi connectivity index (χ1n) is 6.54. The highest BCUT2D eigenvalue weighted by Crippen LogP contribution is 2.38.